The number of aromatic nitrogens is 2. The van der Waals surface area contributed by atoms with Crippen LogP contribution in [0.25, 0.3) is 0 Å². The van der Waals surface area contributed by atoms with E-state index in [1.54, 1.807) is 7.11 Å². The molecular formula is C8H15N3O. The number of ether oxygens (including phenoxy) is 1. The van der Waals surface area contributed by atoms with Crippen molar-refractivity contribution in [3.05, 3.63) is 12.4 Å². The Morgan fingerprint density at radius 2 is 2.33 bits per heavy atom. The van der Waals surface area contributed by atoms with Gasteiger partial charge in [-0.2, -0.15) is 5.10 Å². The van der Waals surface area contributed by atoms with Crippen molar-refractivity contribution in [3.63, 3.8) is 0 Å². The normalized spacial score (nSPS) is 10.2. The molecular weight excluding hydrogens is 154 g/mol. The zero-order chi connectivity index (χ0) is 8.97. The van der Waals surface area contributed by atoms with Gasteiger partial charge >= 0.3 is 0 Å². The number of nitrogens with zero attached hydrogens (tertiary/aromatic N) is 3. The Hall–Kier alpha value is -1.03. The fourth-order valence-electron chi connectivity index (χ4n) is 0.891. The van der Waals surface area contributed by atoms with Gasteiger partial charge in [-0.25, -0.2) is 0 Å². The molecule has 1 aromatic heterocycles. The van der Waals surface area contributed by atoms with Gasteiger partial charge in [0.2, 0.25) is 0 Å². The van der Waals surface area contributed by atoms with Gasteiger partial charge in [-0.05, 0) is 0 Å². The van der Waals surface area contributed by atoms with Gasteiger partial charge in [-0.1, -0.05) is 0 Å². The van der Waals surface area contributed by atoms with Crippen molar-refractivity contribution in [2.24, 2.45) is 0 Å². The highest BCUT2D eigenvalue weighted by Crippen LogP contribution is 2.07. The van der Waals surface area contributed by atoms with E-state index in [-0.39, 0.29) is 0 Å². The van der Waals surface area contributed by atoms with Crippen LogP contribution in [0.4, 0.5) is 5.69 Å². The molecule has 0 spiro atoms. The molecule has 0 radical (unpaired) electrons. The lowest BCUT2D eigenvalue weighted by atomic mass is 10.5. The molecule has 0 unspecified atom stereocenters. The topological polar surface area (TPSA) is 30.3 Å². The first-order valence-electron chi connectivity index (χ1n) is 3.92. The molecule has 0 aliphatic heterocycles. The molecule has 0 saturated heterocycles. The van der Waals surface area contributed by atoms with Gasteiger partial charge in [0.05, 0.1) is 25.0 Å². The van der Waals surface area contributed by atoms with Crippen LogP contribution in [0.1, 0.15) is 0 Å². The van der Waals surface area contributed by atoms with E-state index in [4.69, 9.17) is 4.74 Å². The molecule has 4 heteroatoms. The minimum absolute atomic E-state index is 0.703. The molecule has 0 fully saturated rings. The van der Waals surface area contributed by atoms with Gasteiger partial charge in [0, 0.05) is 27.4 Å². The molecule has 0 aliphatic rings. The maximum atomic E-state index is 4.94. The maximum absolute atomic E-state index is 4.94. The lowest BCUT2D eigenvalue weighted by Crippen LogP contribution is -2.08. The zero-order valence-electron chi connectivity index (χ0n) is 7.82. The highest BCUT2D eigenvalue weighted by molar-refractivity contribution is 5.39. The summed E-state index contributed by atoms with van der Waals surface area (Å²) in [7, 11) is 5.69. The summed E-state index contributed by atoms with van der Waals surface area (Å²) >= 11 is 0. The quantitative estimate of drug-likeness (QED) is 0.661. The SMILES string of the molecule is COCCn1cc(N(C)C)cn1. The minimum Gasteiger partial charge on any atom is -0.383 e. The highest BCUT2D eigenvalue weighted by atomic mass is 16.5. The van der Waals surface area contributed by atoms with Crippen molar-refractivity contribution in [1.29, 1.82) is 0 Å². The third-order valence-electron chi connectivity index (χ3n) is 1.66. The molecule has 0 atom stereocenters. The van der Waals surface area contributed by atoms with Crippen molar-refractivity contribution in [2.45, 2.75) is 6.54 Å². The molecule has 0 amide bonds. The molecule has 1 aromatic rings. The first kappa shape index (κ1) is 9.06. The summed E-state index contributed by atoms with van der Waals surface area (Å²) in [6, 6.07) is 0. The summed E-state index contributed by atoms with van der Waals surface area (Å²) in [5.41, 5.74) is 1.12. The molecule has 0 saturated carbocycles. The number of rotatable bonds is 4. The van der Waals surface area contributed by atoms with Crippen LogP contribution in [-0.2, 0) is 11.3 Å². The highest BCUT2D eigenvalue weighted by Gasteiger charge is 1.98. The summed E-state index contributed by atoms with van der Waals surface area (Å²) in [6.45, 7) is 1.51. The number of anilines is 1. The van der Waals surface area contributed by atoms with Crippen LogP contribution >= 0.6 is 0 Å². The van der Waals surface area contributed by atoms with Gasteiger partial charge in [0.1, 0.15) is 0 Å². The van der Waals surface area contributed by atoms with E-state index in [0.29, 0.717) is 6.61 Å². The largest absolute Gasteiger partial charge is 0.383 e. The third kappa shape index (κ3) is 2.23. The fourth-order valence-corrected chi connectivity index (χ4v) is 0.891. The van der Waals surface area contributed by atoms with Gasteiger partial charge in [0.15, 0.2) is 0 Å². The molecule has 0 aliphatic carbocycles. The summed E-state index contributed by atoms with van der Waals surface area (Å²) < 4.78 is 6.81. The number of methoxy groups -OCH3 is 1. The van der Waals surface area contributed by atoms with Gasteiger partial charge < -0.3 is 9.64 Å². The zero-order valence-corrected chi connectivity index (χ0v) is 7.82. The summed E-state index contributed by atoms with van der Waals surface area (Å²) in [5, 5.41) is 4.17. The molecule has 1 rings (SSSR count). The predicted molar refractivity (Wildman–Crippen MR) is 48.4 cm³/mol. The van der Waals surface area contributed by atoms with Crippen LogP contribution in [0.2, 0.25) is 0 Å². The lowest BCUT2D eigenvalue weighted by molar-refractivity contribution is 0.183. The standard InChI is InChI=1S/C8H15N3O/c1-10(2)8-6-9-11(7-8)4-5-12-3/h6-7H,4-5H2,1-3H3. The molecule has 1 heterocycles. The van der Waals surface area contributed by atoms with Crippen molar-refractivity contribution in [2.75, 3.05) is 32.7 Å². The van der Waals surface area contributed by atoms with Crippen molar-refractivity contribution in [3.8, 4) is 0 Å². The van der Waals surface area contributed by atoms with Gasteiger partial charge in [0.25, 0.3) is 0 Å². The Morgan fingerprint density at radius 1 is 1.58 bits per heavy atom. The second kappa shape index (κ2) is 4.11. The Morgan fingerprint density at radius 3 is 2.83 bits per heavy atom. The van der Waals surface area contributed by atoms with E-state index in [1.807, 2.05) is 36.1 Å². The van der Waals surface area contributed by atoms with E-state index < -0.39 is 0 Å². The second-order valence-electron chi connectivity index (χ2n) is 2.85. The molecule has 4 nitrogen and oxygen atoms in total. The van der Waals surface area contributed by atoms with Crippen molar-refractivity contribution >= 4 is 5.69 Å². The lowest BCUT2D eigenvalue weighted by Gasteiger charge is -2.06. The molecule has 0 aromatic carbocycles. The summed E-state index contributed by atoms with van der Waals surface area (Å²) in [6.07, 6.45) is 3.84. The van der Waals surface area contributed by atoms with E-state index >= 15 is 0 Å². The smallest absolute Gasteiger partial charge is 0.0747 e. The van der Waals surface area contributed by atoms with Crippen molar-refractivity contribution in [1.82, 2.24) is 9.78 Å². The van der Waals surface area contributed by atoms with Gasteiger partial charge in [-0.3, -0.25) is 4.68 Å². The monoisotopic (exact) mass is 169 g/mol. The maximum Gasteiger partial charge on any atom is 0.0747 e. The molecule has 0 N–H and O–H groups in total. The summed E-state index contributed by atoms with van der Waals surface area (Å²) in [5.74, 6) is 0. The van der Waals surface area contributed by atoms with Crippen LogP contribution in [0, 0.1) is 0 Å². The number of hydrogen-bond donors (Lipinski definition) is 0. The predicted octanol–water partition coefficient (Wildman–Crippen LogP) is 0.596. The Kier molecular flexibility index (Phi) is 3.10. The van der Waals surface area contributed by atoms with Crippen LogP contribution in [0.3, 0.4) is 0 Å². The van der Waals surface area contributed by atoms with Crippen LogP contribution < -0.4 is 4.90 Å². The van der Waals surface area contributed by atoms with Crippen LogP contribution in [0.15, 0.2) is 12.4 Å². The second-order valence-corrected chi connectivity index (χ2v) is 2.85. The van der Waals surface area contributed by atoms with E-state index in [0.717, 1.165) is 12.2 Å². The average Bonchev–Trinajstić information content (AvgIpc) is 2.48. The molecule has 0 bridgehead atoms. The van der Waals surface area contributed by atoms with Crippen molar-refractivity contribution < 1.29 is 4.74 Å². The minimum atomic E-state index is 0.703. The van der Waals surface area contributed by atoms with E-state index in [1.165, 1.54) is 0 Å². The van der Waals surface area contributed by atoms with Gasteiger partial charge in [-0.15, -0.1) is 0 Å². The Labute approximate surface area is 72.7 Å². The molecule has 68 valence electrons. The van der Waals surface area contributed by atoms with E-state index in [9.17, 15) is 0 Å². The first-order valence-corrected chi connectivity index (χ1v) is 3.92. The van der Waals surface area contributed by atoms with Crippen LogP contribution in [-0.4, -0.2) is 37.6 Å². The summed E-state index contributed by atoms with van der Waals surface area (Å²) in [4.78, 5) is 2.02. The van der Waals surface area contributed by atoms with Crippen LogP contribution in [0.5, 0.6) is 0 Å². The number of hydrogen-bond acceptors (Lipinski definition) is 3. The third-order valence-corrected chi connectivity index (χ3v) is 1.66. The first-order chi connectivity index (χ1) is 5.74. The van der Waals surface area contributed by atoms with E-state index in [2.05, 4.69) is 5.10 Å². The Balaban J connectivity index is 2.52. The Bertz CT molecular complexity index is 232. The fraction of sp³-hybridized carbons (Fsp3) is 0.625. The average molecular weight is 169 g/mol. The molecule has 12 heavy (non-hydrogen) atoms.